The zero-order valence-corrected chi connectivity index (χ0v) is 19.5. The molecule has 1 fully saturated rings. The van der Waals surface area contributed by atoms with Crippen LogP contribution in [-0.2, 0) is 14.3 Å². The lowest BCUT2D eigenvalue weighted by Crippen LogP contribution is -2.32. The molecule has 1 aliphatic heterocycles. The zero-order chi connectivity index (χ0) is 24.6. The number of phenolic OH excluding ortho intramolecular Hbond substituents is 1. The number of aryl methyl sites for hydroxylation is 2. The summed E-state index contributed by atoms with van der Waals surface area (Å²) in [6, 6.07) is 7.49. The van der Waals surface area contributed by atoms with Crippen LogP contribution in [0.25, 0.3) is 11.4 Å². The van der Waals surface area contributed by atoms with E-state index in [1.54, 1.807) is 26.0 Å². The number of carbonyl (C=O) groups excluding carboxylic acids is 2. The molecule has 34 heavy (non-hydrogen) atoms. The Morgan fingerprint density at radius 2 is 1.97 bits per heavy atom. The monoisotopic (exact) mass is 465 g/mol. The van der Waals surface area contributed by atoms with Crippen LogP contribution in [0.1, 0.15) is 35.5 Å². The summed E-state index contributed by atoms with van der Waals surface area (Å²) < 4.78 is 12.5. The number of methoxy groups -OCH3 is 1. The molecule has 0 spiro atoms. The number of aromatic hydroxyl groups is 1. The van der Waals surface area contributed by atoms with E-state index >= 15 is 0 Å². The number of benzene rings is 1. The molecular weight excluding hydrogens is 438 g/mol. The van der Waals surface area contributed by atoms with Gasteiger partial charge < -0.3 is 29.0 Å². The van der Waals surface area contributed by atoms with Crippen molar-refractivity contribution in [3.63, 3.8) is 0 Å². The van der Waals surface area contributed by atoms with E-state index in [0.29, 0.717) is 23.5 Å². The lowest BCUT2D eigenvalue weighted by Gasteiger charge is -2.25. The quantitative estimate of drug-likeness (QED) is 0.313. The number of aromatic nitrogens is 2. The van der Waals surface area contributed by atoms with Gasteiger partial charge in [-0.3, -0.25) is 9.59 Å². The standard InChI is InChI=1S/C25H27N3O6/c1-5-34-18-13-16(8-9-17(18)29)21-19(23(31)25(32)28(21)11-12-33-4)22(30)20-15(3)27-10-6-7-14(2)24(27)26-20/h6-10,13,21,29-30H,5,11-12H2,1-4H3. The molecule has 2 N–H and O–H groups in total. The summed E-state index contributed by atoms with van der Waals surface area (Å²) >= 11 is 0. The fourth-order valence-electron chi connectivity index (χ4n) is 4.29. The van der Waals surface area contributed by atoms with Crippen molar-refractivity contribution < 1.29 is 29.3 Å². The van der Waals surface area contributed by atoms with Crippen LogP contribution in [0.3, 0.4) is 0 Å². The van der Waals surface area contributed by atoms with Gasteiger partial charge in [-0.25, -0.2) is 4.98 Å². The minimum Gasteiger partial charge on any atom is -0.505 e. The molecule has 0 aliphatic carbocycles. The Balaban J connectivity index is 1.94. The third-order valence-corrected chi connectivity index (χ3v) is 5.98. The van der Waals surface area contributed by atoms with E-state index in [1.165, 1.54) is 18.1 Å². The first-order valence-corrected chi connectivity index (χ1v) is 11.0. The molecule has 9 heteroatoms. The first-order valence-electron chi connectivity index (χ1n) is 11.0. The van der Waals surface area contributed by atoms with Crippen molar-refractivity contribution in [1.29, 1.82) is 0 Å². The molecule has 0 bridgehead atoms. The van der Waals surface area contributed by atoms with Crippen molar-refractivity contribution >= 4 is 23.1 Å². The van der Waals surface area contributed by atoms with Crippen LogP contribution >= 0.6 is 0 Å². The molecule has 1 amide bonds. The van der Waals surface area contributed by atoms with Crippen molar-refractivity contribution in [3.05, 3.63) is 64.6 Å². The molecule has 2 aromatic heterocycles. The number of fused-ring (bicyclic) bond motifs is 1. The number of aliphatic hydroxyl groups excluding tert-OH is 1. The molecule has 3 aromatic rings. The van der Waals surface area contributed by atoms with Crippen LogP contribution in [0.4, 0.5) is 0 Å². The number of hydrogen-bond acceptors (Lipinski definition) is 7. The summed E-state index contributed by atoms with van der Waals surface area (Å²) in [6.07, 6.45) is 1.82. The van der Waals surface area contributed by atoms with Gasteiger partial charge in [0.2, 0.25) is 0 Å². The zero-order valence-electron chi connectivity index (χ0n) is 19.5. The Hall–Kier alpha value is -3.85. The second kappa shape index (κ2) is 9.18. The Labute approximate surface area is 196 Å². The fourth-order valence-corrected chi connectivity index (χ4v) is 4.29. The number of hydrogen-bond donors (Lipinski definition) is 2. The maximum absolute atomic E-state index is 13.2. The molecule has 178 valence electrons. The highest BCUT2D eigenvalue weighted by molar-refractivity contribution is 6.46. The molecule has 1 unspecified atom stereocenters. The number of rotatable bonds is 7. The summed E-state index contributed by atoms with van der Waals surface area (Å²) in [5.74, 6) is -1.75. The number of aliphatic hydroxyl groups is 1. The second-order valence-corrected chi connectivity index (χ2v) is 8.08. The largest absolute Gasteiger partial charge is 0.505 e. The van der Waals surface area contributed by atoms with E-state index in [9.17, 15) is 19.8 Å². The molecule has 1 saturated heterocycles. The van der Waals surface area contributed by atoms with Crippen LogP contribution in [0.5, 0.6) is 11.5 Å². The van der Waals surface area contributed by atoms with Crippen LogP contribution in [0.15, 0.2) is 42.1 Å². The number of amides is 1. The van der Waals surface area contributed by atoms with Crippen LogP contribution in [0.2, 0.25) is 0 Å². The molecule has 1 aliphatic rings. The van der Waals surface area contributed by atoms with Gasteiger partial charge in [0.05, 0.1) is 30.5 Å². The molecule has 3 heterocycles. The highest BCUT2D eigenvalue weighted by atomic mass is 16.5. The Kier molecular flexibility index (Phi) is 6.30. The van der Waals surface area contributed by atoms with Crippen molar-refractivity contribution in [2.75, 3.05) is 26.9 Å². The van der Waals surface area contributed by atoms with Gasteiger partial charge >= 0.3 is 0 Å². The van der Waals surface area contributed by atoms with Gasteiger partial charge in [-0.05, 0) is 50.1 Å². The van der Waals surface area contributed by atoms with Gasteiger partial charge in [0.1, 0.15) is 11.3 Å². The third kappa shape index (κ3) is 3.77. The van der Waals surface area contributed by atoms with E-state index in [1.807, 2.05) is 29.7 Å². The molecule has 0 radical (unpaired) electrons. The summed E-state index contributed by atoms with van der Waals surface area (Å²) in [4.78, 5) is 32.1. The van der Waals surface area contributed by atoms with Gasteiger partial charge in [0, 0.05) is 19.9 Å². The van der Waals surface area contributed by atoms with E-state index in [-0.39, 0.29) is 41.7 Å². The van der Waals surface area contributed by atoms with Gasteiger partial charge in [0.25, 0.3) is 11.7 Å². The molecule has 1 aromatic carbocycles. The van der Waals surface area contributed by atoms with Crippen molar-refractivity contribution in [3.8, 4) is 11.5 Å². The number of ether oxygens (including phenoxy) is 2. The van der Waals surface area contributed by atoms with E-state index in [0.717, 1.165) is 5.56 Å². The van der Waals surface area contributed by atoms with Gasteiger partial charge in [-0.1, -0.05) is 12.1 Å². The highest BCUT2D eigenvalue weighted by Crippen LogP contribution is 2.42. The summed E-state index contributed by atoms with van der Waals surface area (Å²) in [5, 5.41) is 21.5. The minimum atomic E-state index is -0.903. The highest BCUT2D eigenvalue weighted by Gasteiger charge is 2.46. The first-order chi connectivity index (χ1) is 16.3. The molecule has 4 rings (SSSR count). The van der Waals surface area contributed by atoms with E-state index in [4.69, 9.17) is 9.47 Å². The summed E-state index contributed by atoms with van der Waals surface area (Å²) in [7, 11) is 1.50. The lowest BCUT2D eigenvalue weighted by molar-refractivity contribution is -0.140. The predicted molar refractivity (Wildman–Crippen MR) is 125 cm³/mol. The average molecular weight is 466 g/mol. The van der Waals surface area contributed by atoms with E-state index in [2.05, 4.69) is 4.98 Å². The average Bonchev–Trinajstić information content (AvgIpc) is 3.29. The van der Waals surface area contributed by atoms with Crippen molar-refractivity contribution in [2.45, 2.75) is 26.8 Å². The molecule has 0 saturated carbocycles. The number of carbonyl (C=O) groups is 2. The Morgan fingerprint density at radius 1 is 1.21 bits per heavy atom. The predicted octanol–water partition coefficient (Wildman–Crippen LogP) is 3.12. The second-order valence-electron chi connectivity index (χ2n) is 8.08. The maximum atomic E-state index is 13.2. The normalized spacial score (nSPS) is 17.6. The molecule has 9 nitrogen and oxygen atoms in total. The van der Waals surface area contributed by atoms with E-state index < -0.39 is 17.7 Å². The smallest absolute Gasteiger partial charge is 0.295 e. The molecular formula is C25H27N3O6. The van der Waals surface area contributed by atoms with Crippen LogP contribution < -0.4 is 4.74 Å². The number of ketones is 1. The molecule has 1 atom stereocenters. The van der Waals surface area contributed by atoms with Gasteiger partial charge in [-0.15, -0.1) is 0 Å². The topological polar surface area (TPSA) is 114 Å². The van der Waals surface area contributed by atoms with Crippen molar-refractivity contribution in [1.82, 2.24) is 14.3 Å². The van der Waals surface area contributed by atoms with Crippen molar-refractivity contribution in [2.24, 2.45) is 0 Å². The number of pyridine rings is 1. The number of Topliss-reactive ketones (excluding diaryl/α,β-unsaturated/α-hetero) is 1. The SMILES string of the molecule is CCOc1cc(C2C(=C(O)c3nc4c(C)cccn4c3C)C(=O)C(=O)N2CCOC)ccc1O. The Morgan fingerprint density at radius 3 is 2.65 bits per heavy atom. The lowest BCUT2D eigenvalue weighted by atomic mass is 9.96. The van der Waals surface area contributed by atoms with Crippen LogP contribution in [-0.4, -0.2) is 63.1 Å². The van der Waals surface area contributed by atoms with Gasteiger partial charge in [0.15, 0.2) is 17.3 Å². The number of imidazole rings is 1. The first kappa shape index (κ1) is 23.3. The number of likely N-dealkylation sites (tertiary alicyclic amines) is 1. The Bertz CT molecular complexity index is 1310. The van der Waals surface area contributed by atoms with Gasteiger partial charge in [-0.2, -0.15) is 0 Å². The number of nitrogens with zero attached hydrogens (tertiary/aromatic N) is 3. The summed E-state index contributed by atoms with van der Waals surface area (Å²) in [6.45, 7) is 6.13. The summed E-state index contributed by atoms with van der Waals surface area (Å²) in [5.41, 5.74) is 2.86. The minimum absolute atomic E-state index is 0.0638. The third-order valence-electron chi connectivity index (χ3n) is 5.98. The van der Waals surface area contributed by atoms with Crippen LogP contribution in [0, 0.1) is 13.8 Å². The fraction of sp³-hybridized carbons (Fsp3) is 0.320. The maximum Gasteiger partial charge on any atom is 0.295 e. The number of phenols is 1.